The maximum absolute atomic E-state index is 2.34. The van der Waals surface area contributed by atoms with Crippen LogP contribution in [0.25, 0.3) is 0 Å². The van der Waals surface area contributed by atoms with E-state index in [1.54, 1.807) is 5.57 Å². The molecule has 0 amide bonds. The van der Waals surface area contributed by atoms with E-state index in [0.29, 0.717) is 5.25 Å². The molecule has 96 valence electrons. The van der Waals surface area contributed by atoms with E-state index in [9.17, 15) is 0 Å². The Morgan fingerprint density at radius 3 is 2.11 bits per heavy atom. The van der Waals surface area contributed by atoms with Crippen LogP contribution in [0.2, 0.25) is 0 Å². The maximum Gasteiger partial charge on any atom is 0.0415 e. The Hall–Kier alpha value is -1.12. The molecule has 2 aromatic rings. The Labute approximate surface area is 122 Å². The number of hydrogen-bond donors (Lipinski definition) is 0. The molecule has 0 aliphatic carbocycles. The number of benzene rings is 2. The van der Waals surface area contributed by atoms with Crippen LogP contribution in [0.1, 0.15) is 11.1 Å². The fraction of sp³-hybridized carbons (Fsp3) is 0.176. The van der Waals surface area contributed by atoms with Crippen LogP contribution in [0.3, 0.4) is 0 Å². The van der Waals surface area contributed by atoms with Crippen molar-refractivity contribution in [1.82, 2.24) is 0 Å². The molecule has 0 aromatic heterocycles. The van der Waals surface area contributed by atoms with Crippen molar-refractivity contribution in [3.63, 3.8) is 0 Å². The van der Waals surface area contributed by atoms with Crippen LogP contribution < -0.4 is 0 Å². The van der Waals surface area contributed by atoms with E-state index in [0.717, 1.165) is 12.8 Å². The summed E-state index contributed by atoms with van der Waals surface area (Å²) in [6.45, 7) is 0. The van der Waals surface area contributed by atoms with Crippen molar-refractivity contribution < 1.29 is 0 Å². The van der Waals surface area contributed by atoms with Crippen LogP contribution in [0.4, 0.5) is 0 Å². The first-order valence-corrected chi connectivity index (χ1v) is 8.78. The van der Waals surface area contributed by atoms with Crippen molar-refractivity contribution in [2.75, 3.05) is 0 Å². The SMILES string of the molecule is C1=C(Cc2ccccc2)C(Cc2ccccc2)SS1. The van der Waals surface area contributed by atoms with Gasteiger partial charge in [0.2, 0.25) is 0 Å². The molecule has 0 N–H and O–H groups in total. The van der Waals surface area contributed by atoms with Crippen molar-refractivity contribution in [2.24, 2.45) is 0 Å². The first kappa shape index (κ1) is 12.9. The monoisotopic (exact) mass is 284 g/mol. The third kappa shape index (κ3) is 3.46. The molecule has 0 bridgehead atoms. The van der Waals surface area contributed by atoms with E-state index in [1.165, 1.54) is 11.1 Å². The zero-order chi connectivity index (χ0) is 12.9. The molecule has 1 aliphatic heterocycles. The van der Waals surface area contributed by atoms with Gasteiger partial charge in [-0.1, -0.05) is 82.3 Å². The van der Waals surface area contributed by atoms with Gasteiger partial charge in [0.15, 0.2) is 0 Å². The first-order chi connectivity index (χ1) is 9.42. The topological polar surface area (TPSA) is 0 Å². The van der Waals surface area contributed by atoms with Crippen molar-refractivity contribution >= 4 is 21.6 Å². The van der Waals surface area contributed by atoms with Crippen LogP contribution in [-0.2, 0) is 12.8 Å². The molecule has 1 unspecified atom stereocenters. The largest absolute Gasteiger partial charge is 0.0813 e. The van der Waals surface area contributed by atoms with Crippen LogP contribution in [0.5, 0.6) is 0 Å². The molecule has 0 radical (unpaired) electrons. The van der Waals surface area contributed by atoms with Crippen LogP contribution in [-0.4, -0.2) is 5.25 Å². The molecule has 2 heteroatoms. The highest BCUT2D eigenvalue weighted by atomic mass is 33.1. The molecular weight excluding hydrogens is 268 g/mol. The quantitative estimate of drug-likeness (QED) is 0.715. The number of hydrogen-bond acceptors (Lipinski definition) is 2. The molecule has 3 rings (SSSR count). The highest BCUT2D eigenvalue weighted by Gasteiger charge is 2.21. The van der Waals surface area contributed by atoms with Gasteiger partial charge in [-0.05, 0) is 34.9 Å². The second-order valence-electron chi connectivity index (χ2n) is 4.73. The summed E-state index contributed by atoms with van der Waals surface area (Å²) in [5, 5.41) is 2.96. The fourth-order valence-corrected chi connectivity index (χ4v) is 4.97. The lowest BCUT2D eigenvalue weighted by Crippen LogP contribution is -2.09. The number of rotatable bonds is 4. The van der Waals surface area contributed by atoms with Gasteiger partial charge in [0.05, 0.1) is 0 Å². The summed E-state index contributed by atoms with van der Waals surface area (Å²) >= 11 is 0. The second-order valence-corrected chi connectivity index (χ2v) is 7.07. The summed E-state index contributed by atoms with van der Waals surface area (Å²) in [6.07, 6.45) is 2.22. The van der Waals surface area contributed by atoms with Crippen LogP contribution in [0.15, 0.2) is 71.6 Å². The molecule has 1 aliphatic rings. The van der Waals surface area contributed by atoms with E-state index >= 15 is 0 Å². The predicted octanol–water partition coefficient (Wildman–Crippen LogP) is 5.12. The minimum absolute atomic E-state index is 0.618. The van der Waals surface area contributed by atoms with Crippen molar-refractivity contribution in [3.8, 4) is 0 Å². The lowest BCUT2D eigenvalue weighted by molar-refractivity contribution is 0.928. The van der Waals surface area contributed by atoms with Gasteiger partial charge in [-0.2, -0.15) is 0 Å². The molecule has 0 saturated carbocycles. The van der Waals surface area contributed by atoms with Crippen molar-refractivity contribution in [3.05, 3.63) is 82.8 Å². The van der Waals surface area contributed by atoms with E-state index in [4.69, 9.17) is 0 Å². The molecule has 1 heterocycles. The highest BCUT2D eigenvalue weighted by Crippen LogP contribution is 2.43. The minimum Gasteiger partial charge on any atom is -0.0813 e. The van der Waals surface area contributed by atoms with Gasteiger partial charge in [0.25, 0.3) is 0 Å². The molecular formula is C17H16S2. The summed E-state index contributed by atoms with van der Waals surface area (Å²) in [5.74, 6) is 0. The van der Waals surface area contributed by atoms with Crippen LogP contribution in [0, 0.1) is 0 Å². The smallest absolute Gasteiger partial charge is 0.0415 e. The summed E-state index contributed by atoms with van der Waals surface area (Å²) in [4.78, 5) is 0. The summed E-state index contributed by atoms with van der Waals surface area (Å²) in [7, 11) is 3.87. The predicted molar refractivity (Wildman–Crippen MR) is 87.3 cm³/mol. The summed E-state index contributed by atoms with van der Waals surface area (Å²) in [6, 6.07) is 21.5. The lowest BCUT2D eigenvalue weighted by atomic mass is 9.99. The molecule has 19 heavy (non-hydrogen) atoms. The summed E-state index contributed by atoms with van der Waals surface area (Å²) in [5.41, 5.74) is 4.40. The van der Waals surface area contributed by atoms with Gasteiger partial charge < -0.3 is 0 Å². The van der Waals surface area contributed by atoms with Crippen molar-refractivity contribution in [1.29, 1.82) is 0 Å². The van der Waals surface area contributed by atoms with E-state index in [1.807, 2.05) is 21.6 Å². The van der Waals surface area contributed by atoms with Gasteiger partial charge >= 0.3 is 0 Å². The molecule has 0 spiro atoms. The Morgan fingerprint density at radius 1 is 0.789 bits per heavy atom. The Kier molecular flexibility index (Phi) is 4.31. The lowest BCUT2D eigenvalue weighted by Gasteiger charge is -2.13. The van der Waals surface area contributed by atoms with E-state index < -0.39 is 0 Å². The zero-order valence-electron chi connectivity index (χ0n) is 10.7. The molecule has 2 aromatic carbocycles. The first-order valence-electron chi connectivity index (χ1n) is 6.51. The standard InChI is InChI=1S/C17H16S2/c1-3-7-14(8-4-1)11-16-13-18-19-17(16)12-15-9-5-2-6-10-15/h1-10,13,17H,11-12H2. The highest BCUT2D eigenvalue weighted by molar-refractivity contribution is 8.78. The molecule has 0 nitrogen and oxygen atoms in total. The Balaban J connectivity index is 1.68. The van der Waals surface area contributed by atoms with Gasteiger partial charge in [0.1, 0.15) is 0 Å². The van der Waals surface area contributed by atoms with Crippen LogP contribution >= 0.6 is 21.6 Å². The van der Waals surface area contributed by atoms with Gasteiger partial charge in [0, 0.05) is 5.25 Å². The average Bonchev–Trinajstić information content (AvgIpc) is 2.88. The Morgan fingerprint density at radius 2 is 1.42 bits per heavy atom. The Bertz CT molecular complexity index is 546. The molecule has 0 fully saturated rings. The van der Waals surface area contributed by atoms with Crippen molar-refractivity contribution in [2.45, 2.75) is 18.1 Å². The molecule has 0 saturated heterocycles. The van der Waals surface area contributed by atoms with Gasteiger partial charge in [-0.25, -0.2) is 0 Å². The average molecular weight is 284 g/mol. The summed E-state index contributed by atoms with van der Waals surface area (Å²) < 4.78 is 0. The van der Waals surface area contributed by atoms with Gasteiger partial charge in [-0.15, -0.1) is 0 Å². The van der Waals surface area contributed by atoms with Gasteiger partial charge in [-0.3, -0.25) is 0 Å². The third-order valence-electron chi connectivity index (χ3n) is 3.30. The molecule has 1 atom stereocenters. The fourth-order valence-electron chi connectivity index (χ4n) is 2.27. The zero-order valence-corrected chi connectivity index (χ0v) is 12.3. The normalized spacial score (nSPS) is 18.3. The van der Waals surface area contributed by atoms with E-state index in [2.05, 4.69) is 66.1 Å². The van der Waals surface area contributed by atoms with E-state index in [-0.39, 0.29) is 0 Å². The third-order valence-corrected chi connectivity index (χ3v) is 5.83. The maximum atomic E-state index is 2.34. The second kappa shape index (κ2) is 6.36. The minimum atomic E-state index is 0.618.